The summed E-state index contributed by atoms with van der Waals surface area (Å²) in [6.45, 7) is 15.0. The van der Waals surface area contributed by atoms with E-state index in [1.54, 1.807) is 0 Å². The van der Waals surface area contributed by atoms with E-state index in [9.17, 15) is 31.3 Å². The Bertz CT molecular complexity index is 2290. The fourth-order valence-corrected chi connectivity index (χ4v) is 15.4. The monoisotopic (exact) mass is 1050 g/mol. The lowest BCUT2D eigenvalue weighted by Crippen LogP contribution is -2.73. The van der Waals surface area contributed by atoms with Gasteiger partial charge < -0.3 is 57.2 Å². The highest BCUT2D eigenvalue weighted by Crippen LogP contribution is 2.53. The molecular formula is C48H72O21S2. The average Bonchev–Trinajstić information content (AvgIpc) is 3.39. The maximum Gasteiger partial charge on any atom is 0.397 e. The number of ketones is 1. The summed E-state index contributed by atoms with van der Waals surface area (Å²) in [5, 5.41) is 12.1. The smallest absolute Gasteiger partial charge is 0.387 e. The van der Waals surface area contributed by atoms with Gasteiger partial charge in [-0.1, -0.05) is 13.5 Å². The maximum absolute atomic E-state index is 12.4. The van der Waals surface area contributed by atoms with E-state index in [1.165, 1.54) is 13.8 Å². The fraction of sp³-hybridized carbons (Fsp3) is 0.938. The van der Waals surface area contributed by atoms with Gasteiger partial charge in [0.25, 0.3) is 0 Å². The lowest BCUT2D eigenvalue weighted by atomic mass is 9.73. The summed E-state index contributed by atoms with van der Waals surface area (Å²) in [7, 11) is -9.72. The Hall–Kier alpha value is -1.33. The highest BCUT2D eigenvalue weighted by atomic mass is 32.3. The summed E-state index contributed by atoms with van der Waals surface area (Å²) >= 11 is 0. The summed E-state index contributed by atoms with van der Waals surface area (Å²) in [4.78, 5) is 12.4. The van der Waals surface area contributed by atoms with E-state index < -0.39 is 111 Å². The van der Waals surface area contributed by atoms with Crippen LogP contribution in [-0.2, 0) is 86.1 Å². The number of aliphatic hydroxyl groups is 1. The minimum atomic E-state index is -4.94. The minimum Gasteiger partial charge on any atom is -0.387 e. The predicted octanol–water partition coefficient (Wildman–Crippen LogP) is 3.21. The molecule has 0 bridgehead atoms. The molecule has 0 spiro atoms. The normalized spacial score (nSPS) is 53.9. The molecule has 71 heavy (non-hydrogen) atoms. The Morgan fingerprint density at radius 1 is 0.634 bits per heavy atom. The van der Waals surface area contributed by atoms with E-state index in [2.05, 4.69) is 31.5 Å². The first kappa shape index (κ1) is 51.8. The number of Topliss-reactive ketones (excluding diaryl/α,β-unsaturated/α-hetero) is 1. The van der Waals surface area contributed by atoms with Gasteiger partial charge >= 0.3 is 20.8 Å². The van der Waals surface area contributed by atoms with Gasteiger partial charge in [0.05, 0.1) is 121 Å². The van der Waals surface area contributed by atoms with Crippen molar-refractivity contribution in [3.8, 4) is 0 Å². The molecule has 0 unspecified atom stereocenters. The lowest BCUT2D eigenvalue weighted by Gasteiger charge is -2.60. The lowest BCUT2D eigenvalue weighted by molar-refractivity contribution is -0.367. The van der Waals surface area contributed by atoms with E-state index in [-0.39, 0.29) is 85.6 Å². The van der Waals surface area contributed by atoms with Gasteiger partial charge in [-0.05, 0) is 78.2 Å². The van der Waals surface area contributed by atoms with Crippen LogP contribution in [0.1, 0.15) is 125 Å². The van der Waals surface area contributed by atoms with Gasteiger partial charge in [-0.15, -0.1) is 0 Å². The van der Waals surface area contributed by atoms with E-state index >= 15 is 0 Å². The van der Waals surface area contributed by atoms with Gasteiger partial charge in [0.1, 0.15) is 30.0 Å². The van der Waals surface area contributed by atoms with Crippen LogP contribution < -0.4 is 0 Å². The van der Waals surface area contributed by atoms with Crippen LogP contribution in [0.5, 0.6) is 0 Å². The summed E-state index contributed by atoms with van der Waals surface area (Å²) in [6.07, 6.45) is -3.68. The molecule has 3 N–H and O–H groups in total. The first-order valence-electron chi connectivity index (χ1n) is 25.7. The maximum atomic E-state index is 12.4. The molecule has 11 saturated heterocycles. The van der Waals surface area contributed by atoms with Crippen molar-refractivity contribution in [3.63, 3.8) is 0 Å². The van der Waals surface area contributed by atoms with E-state index in [4.69, 9.17) is 60.8 Å². The number of hydrogen-bond acceptors (Lipinski definition) is 19. The molecule has 0 saturated carbocycles. The second-order valence-corrected chi connectivity index (χ2v) is 25.6. The second kappa shape index (κ2) is 18.4. The van der Waals surface area contributed by atoms with Crippen LogP contribution in [0.4, 0.5) is 0 Å². The van der Waals surface area contributed by atoms with Crippen molar-refractivity contribution in [1.82, 2.24) is 0 Å². The molecule has 11 aliphatic rings. The third-order valence-corrected chi connectivity index (χ3v) is 19.3. The highest BCUT2D eigenvalue weighted by molar-refractivity contribution is 7.81. The summed E-state index contributed by atoms with van der Waals surface area (Å²) < 4.78 is 150. The van der Waals surface area contributed by atoms with Gasteiger partial charge in [-0.3, -0.25) is 13.9 Å². The van der Waals surface area contributed by atoms with Crippen LogP contribution >= 0.6 is 0 Å². The zero-order chi connectivity index (χ0) is 50.4. The highest BCUT2D eigenvalue weighted by Gasteiger charge is 2.65. The number of carbonyl (C=O) groups excluding carboxylic acids is 1. The molecule has 0 aliphatic carbocycles. The number of ether oxygens (including phenoxy) is 11. The fourth-order valence-electron chi connectivity index (χ4n) is 14.5. The van der Waals surface area contributed by atoms with Crippen LogP contribution in [0.3, 0.4) is 0 Å². The Balaban J connectivity index is 0.758. The van der Waals surface area contributed by atoms with Crippen LogP contribution in [-0.4, -0.2) is 188 Å². The van der Waals surface area contributed by atoms with E-state index in [0.29, 0.717) is 63.4 Å². The van der Waals surface area contributed by atoms with Crippen molar-refractivity contribution < 1.29 is 96.3 Å². The number of aliphatic hydroxyl groups excluding tert-OH is 1. The zero-order valence-electron chi connectivity index (χ0n) is 41.2. The van der Waals surface area contributed by atoms with Crippen molar-refractivity contribution in [3.05, 3.63) is 12.2 Å². The van der Waals surface area contributed by atoms with Crippen LogP contribution in [0.15, 0.2) is 12.2 Å². The predicted molar refractivity (Wildman–Crippen MR) is 243 cm³/mol. The molecule has 0 radical (unpaired) electrons. The molecular weight excluding hydrogens is 977 g/mol. The Morgan fingerprint density at radius 3 is 1.83 bits per heavy atom. The van der Waals surface area contributed by atoms with Gasteiger partial charge in [-0.2, -0.15) is 16.8 Å². The molecule has 0 aromatic heterocycles. The second-order valence-electron chi connectivity index (χ2n) is 23.4. The zero-order valence-corrected chi connectivity index (χ0v) is 42.9. The number of hydrogen-bond donors (Lipinski definition) is 3. The summed E-state index contributed by atoms with van der Waals surface area (Å²) in [5.41, 5.74) is -3.11. The summed E-state index contributed by atoms with van der Waals surface area (Å²) in [6, 6.07) is 0. The van der Waals surface area contributed by atoms with E-state index in [0.717, 1.165) is 12.8 Å². The molecule has 11 fully saturated rings. The molecule has 21 nitrogen and oxygen atoms in total. The molecule has 11 heterocycles. The largest absolute Gasteiger partial charge is 0.397 e. The topological polar surface area (TPSA) is 266 Å². The van der Waals surface area contributed by atoms with Crippen molar-refractivity contribution in [2.75, 3.05) is 6.61 Å². The molecule has 0 aromatic carbocycles. The standard InChI is InChI=1S/C48H72O21S2/c1-22-8-10-46(5)38(62-35-18-36-43(65-42(22)35)44(50)48(7)40(63-36)20-32-33(67-48)14-23(2)41(64-32)24(3)49)21-37-47(6,69-46)11-9-25-26(61-37)15-28-27(58-25)16-29-30(59-28)17-34-31(60-29)19-39(68-71(54,55)56)45(4,66-34)12-13-57-70(51,52)53/h22,25-44,50H,2,8-21H2,1,3-7H3,(H,51,52,53)(H,54,55,56)/t22-,25-,26+,27+,28-,29-,30+,31+,32+,33-,34-,35-,36+,37-,38+,39-,40-,41-,42+,43+,44+,45+,46-,47+,48+/m0/s1. The van der Waals surface area contributed by atoms with Crippen LogP contribution in [0, 0.1) is 5.92 Å². The third kappa shape index (κ3) is 9.67. The number of fused-ring (bicyclic) bond motifs is 10. The Kier molecular flexibility index (Phi) is 13.4. The van der Waals surface area contributed by atoms with Crippen LogP contribution in [0.25, 0.3) is 0 Å². The summed E-state index contributed by atoms with van der Waals surface area (Å²) in [5.74, 6) is -0.0172. The number of rotatable bonds is 7. The number of carbonyl (C=O) groups is 1. The first-order chi connectivity index (χ1) is 33.3. The molecule has 402 valence electrons. The molecule has 25 atom stereocenters. The minimum absolute atomic E-state index is 0.00602. The van der Waals surface area contributed by atoms with Gasteiger partial charge in [0.15, 0.2) is 5.78 Å². The molecule has 11 rings (SSSR count). The quantitative estimate of drug-likeness (QED) is 0.244. The van der Waals surface area contributed by atoms with Gasteiger partial charge in [-0.25, -0.2) is 8.37 Å². The molecule has 11 aliphatic heterocycles. The SMILES string of the molecule is C=C1C[C@@H]2O[C@]3(C)[C@H](C[C@H]2O[C@@H]1C(C)=O)O[C@@H]1C[C@@H]2O[C@@H]4C[C@@H]5O[C@@H]6C[C@@H]7O[C@@H]8C[C@@H]9O[C@](C)(CCOS(=O)(=O)O)[C@@H](OS(=O)(=O)O)C[C@H]9O[C@H]8C[C@H]7O[C@H]6CC[C@@]5(C)O[C@@]4(C)CC[C@H](C)[C@H]2O[C@H]1[C@H]3O. The Morgan fingerprint density at radius 2 is 1.18 bits per heavy atom. The molecule has 0 aromatic rings. The van der Waals surface area contributed by atoms with Crippen LogP contribution in [0.2, 0.25) is 0 Å². The van der Waals surface area contributed by atoms with Crippen molar-refractivity contribution >= 4 is 26.6 Å². The van der Waals surface area contributed by atoms with Crippen molar-refractivity contribution in [2.45, 2.75) is 269 Å². The van der Waals surface area contributed by atoms with Gasteiger partial charge in [0, 0.05) is 51.4 Å². The third-order valence-electron chi connectivity index (χ3n) is 18.4. The van der Waals surface area contributed by atoms with Gasteiger partial charge in [0.2, 0.25) is 0 Å². The van der Waals surface area contributed by atoms with Crippen molar-refractivity contribution in [2.24, 2.45) is 5.92 Å². The van der Waals surface area contributed by atoms with E-state index in [1.807, 2.05) is 6.92 Å². The Labute approximate surface area is 415 Å². The molecule has 23 heteroatoms. The molecule has 0 amide bonds. The first-order valence-corrected chi connectivity index (χ1v) is 28.4. The average molecular weight is 1050 g/mol. The van der Waals surface area contributed by atoms with Crippen molar-refractivity contribution in [1.29, 1.82) is 0 Å².